The molecule has 2 unspecified atom stereocenters. The van der Waals surface area contributed by atoms with E-state index in [1.807, 2.05) is 6.08 Å². The van der Waals surface area contributed by atoms with Gasteiger partial charge in [-0.15, -0.1) is 5.73 Å². The van der Waals surface area contributed by atoms with Gasteiger partial charge < -0.3 is 0 Å². The molecule has 2 aliphatic rings. The summed E-state index contributed by atoms with van der Waals surface area (Å²) in [5.41, 5.74) is 7.18. The van der Waals surface area contributed by atoms with Gasteiger partial charge in [-0.2, -0.15) is 0 Å². The van der Waals surface area contributed by atoms with Crippen molar-refractivity contribution < 1.29 is 0 Å². The van der Waals surface area contributed by atoms with Crippen molar-refractivity contribution in [3.05, 3.63) is 89.3 Å². The summed E-state index contributed by atoms with van der Waals surface area (Å²) >= 11 is 0. The van der Waals surface area contributed by atoms with Crippen LogP contribution in [0, 0.1) is 11.8 Å². The molecule has 0 aromatic carbocycles. The third kappa shape index (κ3) is 5.10. The van der Waals surface area contributed by atoms with E-state index in [1.165, 1.54) is 16.7 Å². The van der Waals surface area contributed by atoms with Crippen LogP contribution in [0.5, 0.6) is 0 Å². The fraction of sp³-hybridized carbons (Fsp3) is 0.286. The maximum absolute atomic E-state index is 3.34. The Morgan fingerprint density at radius 2 is 2.00 bits per heavy atom. The average Bonchev–Trinajstić information content (AvgIpc) is 2.66. The highest BCUT2D eigenvalue weighted by atomic mass is 14.1. The van der Waals surface area contributed by atoms with Gasteiger partial charge in [-0.05, 0) is 24.5 Å². The lowest BCUT2D eigenvalue weighted by molar-refractivity contribution is 0.878. The van der Waals surface area contributed by atoms with E-state index in [0.29, 0.717) is 11.8 Å². The first-order chi connectivity index (χ1) is 9.66. The average molecular weight is 278 g/mol. The van der Waals surface area contributed by atoms with Gasteiger partial charge in [0.25, 0.3) is 0 Å². The van der Waals surface area contributed by atoms with E-state index in [2.05, 4.69) is 87.3 Å². The highest BCUT2D eigenvalue weighted by molar-refractivity contribution is 5.37. The first-order valence-corrected chi connectivity index (χ1v) is 7.21. The van der Waals surface area contributed by atoms with Crippen LogP contribution in [0.2, 0.25) is 0 Å². The van der Waals surface area contributed by atoms with Crippen molar-refractivity contribution in [2.45, 2.75) is 28.2 Å². The maximum atomic E-state index is 3.34. The number of hydrogen-bond acceptors (Lipinski definition) is 0. The lowest BCUT2D eigenvalue weighted by atomic mass is 9.95. The Labute approximate surface area is 130 Å². The quantitative estimate of drug-likeness (QED) is 0.547. The molecule has 0 heteroatoms. The molecular weight excluding hydrogens is 252 g/mol. The second kappa shape index (κ2) is 8.29. The van der Waals surface area contributed by atoms with E-state index in [0.717, 1.165) is 0 Å². The molecule has 21 heavy (non-hydrogen) atoms. The predicted molar refractivity (Wildman–Crippen MR) is 95.1 cm³/mol. The van der Waals surface area contributed by atoms with Gasteiger partial charge >= 0.3 is 0 Å². The summed E-state index contributed by atoms with van der Waals surface area (Å²) in [4.78, 5) is 0. The first kappa shape index (κ1) is 17.0. The molecule has 0 nitrogen and oxygen atoms in total. The molecule has 0 heterocycles. The van der Waals surface area contributed by atoms with E-state index in [4.69, 9.17) is 0 Å². The Morgan fingerprint density at radius 1 is 1.19 bits per heavy atom. The molecule has 2 rings (SSSR count). The van der Waals surface area contributed by atoms with Gasteiger partial charge in [0.2, 0.25) is 0 Å². The summed E-state index contributed by atoms with van der Waals surface area (Å²) in [7, 11) is 0. The van der Waals surface area contributed by atoms with Gasteiger partial charge in [0.15, 0.2) is 0 Å². The van der Waals surface area contributed by atoms with Gasteiger partial charge in [0.1, 0.15) is 0 Å². The van der Waals surface area contributed by atoms with Gasteiger partial charge in [0.05, 0.1) is 0 Å². The summed E-state index contributed by atoms with van der Waals surface area (Å²) in [6, 6.07) is 0. The smallest absolute Gasteiger partial charge is 0.00661 e. The van der Waals surface area contributed by atoms with E-state index < -0.39 is 0 Å². The zero-order chi connectivity index (χ0) is 14.4. The SMILES string of the molecule is C.CC1=CC=C=C(C(C)/C=C\C=C2\C=CC=CC2C)C=C1. The lowest BCUT2D eigenvalue weighted by Gasteiger charge is -2.10. The summed E-state index contributed by atoms with van der Waals surface area (Å²) < 4.78 is 0. The molecule has 0 bridgehead atoms. The number of rotatable bonds is 3. The monoisotopic (exact) mass is 278 g/mol. The minimum Gasteiger partial charge on any atom is -0.117 e. The zero-order valence-electron chi connectivity index (χ0n) is 12.5. The number of hydrogen-bond donors (Lipinski definition) is 0. The molecule has 0 N–H and O–H groups in total. The van der Waals surface area contributed by atoms with Crippen LogP contribution in [0.3, 0.4) is 0 Å². The standard InChI is InChI=1S/C20H22.CH4/c1-16-8-6-12-20(15-14-16)18(3)10-7-13-19-11-5-4-9-17(19)2;/h4-11,13-15,17-18H,1-3H3;1H4/b10-7-,19-13-;. The molecule has 0 amide bonds. The summed E-state index contributed by atoms with van der Waals surface area (Å²) in [6.07, 6.45) is 23.6. The Hall–Kier alpha value is -2.04. The summed E-state index contributed by atoms with van der Waals surface area (Å²) in [6.45, 7) is 6.53. The second-order valence-corrected chi connectivity index (χ2v) is 5.38. The van der Waals surface area contributed by atoms with Crippen LogP contribution in [0.4, 0.5) is 0 Å². The Bertz CT molecular complexity index is 594. The van der Waals surface area contributed by atoms with Crippen LogP contribution in [0.25, 0.3) is 0 Å². The molecule has 0 aliphatic heterocycles. The van der Waals surface area contributed by atoms with Crippen LogP contribution < -0.4 is 0 Å². The van der Waals surface area contributed by atoms with Crippen LogP contribution in [-0.4, -0.2) is 0 Å². The summed E-state index contributed by atoms with van der Waals surface area (Å²) in [5, 5.41) is 0. The Morgan fingerprint density at radius 3 is 2.76 bits per heavy atom. The Balaban J connectivity index is 0.00000220. The summed E-state index contributed by atoms with van der Waals surface area (Å²) in [5.74, 6) is 0.876. The molecule has 0 saturated heterocycles. The van der Waals surface area contributed by atoms with E-state index in [1.54, 1.807) is 0 Å². The third-order valence-electron chi connectivity index (χ3n) is 3.63. The predicted octanol–water partition coefficient (Wildman–Crippen LogP) is 6.10. The van der Waals surface area contributed by atoms with Gasteiger partial charge in [-0.1, -0.05) is 87.6 Å². The van der Waals surface area contributed by atoms with E-state index in [9.17, 15) is 0 Å². The van der Waals surface area contributed by atoms with Crippen LogP contribution >= 0.6 is 0 Å². The van der Waals surface area contributed by atoms with Crippen molar-refractivity contribution in [1.82, 2.24) is 0 Å². The molecular formula is C21H26. The minimum atomic E-state index is 0. The van der Waals surface area contributed by atoms with Crippen molar-refractivity contribution >= 4 is 0 Å². The molecule has 0 radical (unpaired) electrons. The molecule has 110 valence electrons. The zero-order valence-corrected chi connectivity index (χ0v) is 12.5. The van der Waals surface area contributed by atoms with Crippen molar-refractivity contribution in [3.63, 3.8) is 0 Å². The van der Waals surface area contributed by atoms with Crippen molar-refractivity contribution in [3.8, 4) is 0 Å². The largest absolute Gasteiger partial charge is 0.117 e. The van der Waals surface area contributed by atoms with Crippen molar-refractivity contribution in [2.75, 3.05) is 0 Å². The molecule has 2 atom stereocenters. The molecule has 0 aromatic heterocycles. The molecule has 0 saturated carbocycles. The highest BCUT2D eigenvalue weighted by Gasteiger charge is 2.04. The van der Waals surface area contributed by atoms with E-state index in [-0.39, 0.29) is 7.43 Å². The lowest BCUT2D eigenvalue weighted by Crippen LogP contribution is -1.95. The fourth-order valence-corrected chi connectivity index (χ4v) is 2.18. The van der Waals surface area contributed by atoms with E-state index >= 15 is 0 Å². The van der Waals surface area contributed by atoms with Crippen LogP contribution in [0.15, 0.2) is 89.3 Å². The fourth-order valence-electron chi connectivity index (χ4n) is 2.18. The normalized spacial score (nSPS) is 23.8. The second-order valence-electron chi connectivity index (χ2n) is 5.38. The number of allylic oxidation sites excluding steroid dienone is 13. The minimum absolute atomic E-state index is 0. The van der Waals surface area contributed by atoms with Crippen LogP contribution in [-0.2, 0) is 0 Å². The topological polar surface area (TPSA) is 0 Å². The molecule has 0 spiro atoms. The van der Waals surface area contributed by atoms with Crippen LogP contribution in [0.1, 0.15) is 28.2 Å². The first-order valence-electron chi connectivity index (χ1n) is 7.21. The van der Waals surface area contributed by atoms with Gasteiger partial charge in [-0.3, -0.25) is 0 Å². The third-order valence-corrected chi connectivity index (χ3v) is 3.63. The van der Waals surface area contributed by atoms with Gasteiger partial charge in [-0.25, -0.2) is 0 Å². The molecule has 0 aromatic rings. The molecule has 2 aliphatic carbocycles. The highest BCUT2D eigenvalue weighted by Crippen LogP contribution is 2.19. The molecule has 0 fully saturated rings. The van der Waals surface area contributed by atoms with Crippen molar-refractivity contribution in [1.29, 1.82) is 0 Å². The van der Waals surface area contributed by atoms with Crippen molar-refractivity contribution in [2.24, 2.45) is 11.8 Å². The Kier molecular flexibility index (Phi) is 6.72. The maximum Gasteiger partial charge on any atom is 0.00661 e. The van der Waals surface area contributed by atoms with Gasteiger partial charge in [0, 0.05) is 11.5 Å².